The Morgan fingerprint density at radius 1 is 1.00 bits per heavy atom. The Kier molecular flexibility index (Phi) is 4.67. The molecule has 2 aliphatic rings. The molecule has 2 aliphatic heterocycles. The standard InChI is InChI=1S/C23H17BrN2O4/c24-16-7-8-18-17(11-16)22(14-4-2-1-3-5-14)26(12-21(27)25-18)23(28)15-6-9-19-20(10-15)30-13-29-19/h1-11,22H,12-13H2,(H,25,27)/t22-/m0/s1. The number of nitrogens with zero attached hydrogens (tertiary/aromatic N) is 1. The number of hydrogen-bond acceptors (Lipinski definition) is 4. The minimum atomic E-state index is -0.435. The van der Waals surface area contributed by atoms with Gasteiger partial charge >= 0.3 is 0 Å². The van der Waals surface area contributed by atoms with Gasteiger partial charge in [-0.15, -0.1) is 0 Å². The van der Waals surface area contributed by atoms with Gasteiger partial charge in [-0.2, -0.15) is 0 Å². The molecule has 3 aromatic rings. The summed E-state index contributed by atoms with van der Waals surface area (Å²) in [6, 6.07) is 20.0. The zero-order valence-electron chi connectivity index (χ0n) is 15.8. The highest BCUT2D eigenvalue weighted by Gasteiger charge is 2.34. The summed E-state index contributed by atoms with van der Waals surface area (Å²) in [6.07, 6.45) is 0. The molecule has 0 radical (unpaired) electrons. The van der Waals surface area contributed by atoms with Gasteiger partial charge in [0.25, 0.3) is 5.91 Å². The summed E-state index contributed by atoms with van der Waals surface area (Å²) in [5.41, 5.74) is 2.89. The number of benzene rings is 3. The summed E-state index contributed by atoms with van der Waals surface area (Å²) in [5, 5.41) is 2.93. The lowest BCUT2D eigenvalue weighted by atomic mass is 9.95. The molecular formula is C23H17BrN2O4. The number of hydrogen-bond donors (Lipinski definition) is 1. The van der Waals surface area contributed by atoms with E-state index in [0.29, 0.717) is 22.7 Å². The highest BCUT2D eigenvalue weighted by molar-refractivity contribution is 9.10. The van der Waals surface area contributed by atoms with Crippen molar-refractivity contribution >= 4 is 33.4 Å². The Morgan fingerprint density at radius 3 is 2.63 bits per heavy atom. The predicted octanol–water partition coefficient (Wildman–Crippen LogP) is 4.36. The van der Waals surface area contributed by atoms with Crippen LogP contribution in [0.1, 0.15) is 27.5 Å². The number of ether oxygens (including phenoxy) is 2. The molecule has 6 nitrogen and oxygen atoms in total. The van der Waals surface area contributed by atoms with Crippen LogP contribution >= 0.6 is 15.9 Å². The molecule has 2 heterocycles. The summed E-state index contributed by atoms with van der Waals surface area (Å²) in [7, 11) is 0. The number of carbonyl (C=O) groups excluding carboxylic acids is 2. The highest BCUT2D eigenvalue weighted by atomic mass is 79.9. The van der Waals surface area contributed by atoms with Crippen LogP contribution in [-0.2, 0) is 4.79 Å². The first-order valence-electron chi connectivity index (χ1n) is 9.45. The van der Waals surface area contributed by atoms with E-state index in [4.69, 9.17) is 9.47 Å². The molecule has 0 bridgehead atoms. The van der Waals surface area contributed by atoms with E-state index in [9.17, 15) is 9.59 Å². The molecule has 0 aliphatic carbocycles. The lowest BCUT2D eigenvalue weighted by Gasteiger charge is -2.30. The second kappa shape index (κ2) is 7.50. The normalized spacial score (nSPS) is 17.2. The molecule has 0 spiro atoms. The lowest BCUT2D eigenvalue weighted by molar-refractivity contribution is -0.117. The quantitative estimate of drug-likeness (QED) is 0.611. The summed E-state index contributed by atoms with van der Waals surface area (Å²) in [6.45, 7) is 0.0618. The number of halogens is 1. The van der Waals surface area contributed by atoms with Crippen LogP contribution in [0.4, 0.5) is 5.69 Å². The Hall–Kier alpha value is -3.32. The average molecular weight is 465 g/mol. The smallest absolute Gasteiger partial charge is 0.255 e. The molecule has 1 atom stereocenters. The second-order valence-electron chi connectivity index (χ2n) is 7.09. The molecule has 3 aromatic carbocycles. The molecule has 0 saturated carbocycles. The monoisotopic (exact) mass is 464 g/mol. The number of nitrogens with one attached hydrogen (secondary N) is 1. The molecule has 5 rings (SSSR count). The van der Waals surface area contributed by atoms with Crippen LogP contribution in [0, 0.1) is 0 Å². The van der Waals surface area contributed by atoms with Crippen LogP contribution < -0.4 is 14.8 Å². The van der Waals surface area contributed by atoms with Crippen LogP contribution in [0.5, 0.6) is 11.5 Å². The molecule has 2 amide bonds. The van der Waals surface area contributed by atoms with Crippen molar-refractivity contribution in [3.05, 3.63) is 87.9 Å². The van der Waals surface area contributed by atoms with Crippen molar-refractivity contribution in [3.63, 3.8) is 0 Å². The van der Waals surface area contributed by atoms with Gasteiger partial charge < -0.3 is 19.7 Å². The third kappa shape index (κ3) is 3.31. The molecule has 30 heavy (non-hydrogen) atoms. The number of anilines is 1. The Morgan fingerprint density at radius 2 is 1.80 bits per heavy atom. The topological polar surface area (TPSA) is 67.9 Å². The van der Waals surface area contributed by atoms with Crippen LogP contribution in [0.25, 0.3) is 0 Å². The Labute approximate surface area is 181 Å². The van der Waals surface area contributed by atoms with Crippen molar-refractivity contribution in [3.8, 4) is 11.5 Å². The van der Waals surface area contributed by atoms with E-state index in [2.05, 4.69) is 21.2 Å². The Balaban J connectivity index is 1.64. The third-order valence-electron chi connectivity index (χ3n) is 5.20. The summed E-state index contributed by atoms with van der Waals surface area (Å²) in [5.74, 6) is 0.629. The van der Waals surface area contributed by atoms with Gasteiger partial charge in [0.2, 0.25) is 12.7 Å². The van der Waals surface area contributed by atoms with E-state index in [1.807, 2.05) is 48.5 Å². The Bertz CT molecular complexity index is 1150. The summed E-state index contributed by atoms with van der Waals surface area (Å²) in [4.78, 5) is 27.9. The fourth-order valence-electron chi connectivity index (χ4n) is 3.86. The zero-order valence-corrected chi connectivity index (χ0v) is 17.4. The van der Waals surface area contributed by atoms with Crippen molar-refractivity contribution in [2.24, 2.45) is 0 Å². The number of rotatable bonds is 2. The van der Waals surface area contributed by atoms with E-state index in [1.165, 1.54) is 0 Å². The fraction of sp³-hybridized carbons (Fsp3) is 0.130. The molecular weight excluding hydrogens is 448 g/mol. The largest absolute Gasteiger partial charge is 0.454 e. The minimum Gasteiger partial charge on any atom is -0.454 e. The van der Waals surface area contributed by atoms with Crippen LogP contribution in [0.15, 0.2) is 71.2 Å². The van der Waals surface area contributed by atoms with E-state index in [1.54, 1.807) is 23.1 Å². The van der Waals surface area contributed by atoms with Gasteiger partial charge in [-0.05, 0) is 42.0 Å². The van der Waals surface area contributed by atoms with Crippen molar-refractivity contribution in [2.75, 3.05) is 18.7 Å². The van der Waals surface area contributed by atoms with Crippen LogP contribution in [-0.4, -0.2) is 30.1 Å². The molecule has 0 aromatic heterocycles. The number of fused-ring (bicyclic) bond motifs is 2. The maximum absolute atomic E-state index is 13.6. The van der Waals surface area contributed by atoms with Gasteiger partial charge in [0.05, 0.1) is 6.04 Å². The van der Waals surface area contributed by atoms with Crippen molar-refractivity contribution in [1.29, 1.82) is 0 Å². The van der Waals surface area contributed by atoms with Gasteiger partial charge in [-0.1, -0.05) is 46.3 Å². The first-order valence-corrected chi connectivity index (χ1v) is 10.2. The predicted molar refractivity (Wildman–Crippen MR) is 115 cm³/mol. The zero-order chi connectivity index (χ0) is 20.7. The van der Waals surface area contributed by atoms with E-state index in [0.717, 1.165) is 15.6 Å². The van der Waals surface area contributed by atoms with Crippen molar-refractivity contribution < 1.29 is 19.1 Å². The summed E-state index contributed by atoms with van der Waals surface area (Å²) >= 11 is 3.52. The molecule has 7 heteroatoms. The van der Waals surface area contributed by atoms with E-state index < -0.39 is 6.04 Å². The van der Waals surface area contributed by atoms with Gasteiger partial charge in [0.15, 0.2) is 11.5 Å². The van der Waals surface area contributed by atoms with E-state index in [-0.39, 0.29) is 25.2 Å². The van der Waals surface area contributed by atoms with Crippen molar-refractivity contribution in [2.45, 2.75) is 6.04 Å². The van der Waals surface area contributed by atoms with Gasteiger partial charge in [-0.3, -0.25) is 9.59 Å². The van der Waals surface area contributed by atoms with Gasteiger partial charge in [0.1, 0.15) is 6.54 Å². The lowest BCUT2D eigenvalue weighted by Crippen LogP contribution is -2.39. The molecule has 1 N–H and O–H groups in total. The molecule has 0 unspecified atom stereocenters. The number of amides is 2. The second-order valence-corrected chi connectivity index (χ2v) is 8.01. The molecule has 150 valence electrons. The minimum absolute atomic E-state index is 0.0703. The number of carbonyl (C=O) groups is 2. The summed E-state index contributed by atoms with van der Waals surface area (Å²) < 4.78 is 11.6. The maximum Gasteiger partial charge on any atom is 0.255 e. The first kappa shape index (κ1) is 18.7. The average Bonchev–Trinajstić information content (AvgIpc) is 3.17. The van der Waals surface area contributed by atoms with Crippen LogP contribution in [0.2, 0.25) is 0 Å². The maximum atomic E-state index is 13.6. The first-order chi connectivity index (χ1) is 14.6. The molecule has 0 fully saturated rings. The van der Waals surface area contributed by atoms with Gasteiger partial charge in [0, 0.05) is 21.3 Å². The van der Waals surface area contributed by atoms with Gasteiger partial charge in [-0.25, -0.2) is 0 Å². The third-order valence-corrected chi connectivity index (χ3v) is 5.70. The SMILES string of the molecule is O=C1CN(C(=O)c2ccc3c(c2)OCO3)[C@@H](c2ccccc2)c2cc(Br)ccc2N1. The highest BCUT2D eigenvalue weighted by Crippen LogP contribution is 2.39. The van der Waals surface area contributed by atoms with Crippen LogP contribution in [0.3, 0.4) is 0 Å². The van der Waals surface area contributed by atoms with Crippen molar-refractivity contribution in [1.82, 2.24) is 4.90 Å². The fourth-order valence-corrected chi connectivity index (χ4v) is 4.24. The molecule has 0 saturated heterocycles. The van der Waals surface area contributed by atoms with E-state index >= 15 is 0 Å².